The van der Waals surface area contributed by atoms with Crippen LogP contribution >= 0.6 is 0 Å². The topological polar surface area (TPSA) is 167 Å². The van der Waals surface area contributed by atoms with Crippen LogP contribution in [0.15, 0.2) is 66.4 Å². The first-order chi connectivity index (χ1) is 28.8. The number of fused-ring (bicyclic) bond motifs is 3. The lowest BCUT2D eigenvalue weighted by molar-refractivity contribution is -0.228. The molecule has 2 bridgehead atoms. The molecule has 322 valence electrons. The Labute approximate surface area is 351 Å². The Bertz CT molecular complexity index is 2110. The fraction of sp³-hybridized carbons (Fsp3) is 0.565. The normalized spacial score (nSPS) is 36.6. The van der Waals surface area contributed by atoms with Crippen molar-refractivity contribution in [3.05, 3.63) is 77.5 Å². The molecular formula is C46H58N4O10. The molecule has 1 unspecified atom stereocenters. The molecule has 0 radical (unpaired) electrons. The predicted octanol–water partition coefficient (Wildman–Crippen LogP) is 3.83. The third-order valence-electron chi connectivity index (χ3n) is 14.9. The molecule has 2 saturated heterocycles. The third-order valence-corrected chi connectivity index (χ3v) is 14.9. The van der Waals surface area contributed by atoms with Gasteiger partial charge in [-0.3, -0.25) is 24.2 Å². The highest BCUT2D eigenvalue weighted by Crippen LogP contribution is 2.68. The summed E-state index contributed by atoms with van der Waals surface area (Å²) in [7, 11) is 4.06. The Balaban J connectivity index is 1.44. The predicted molar refractivity (Wildman–Crippen MR) is 222 cm³/mol. The van der Waals surface area contributed by atoms with E-state index in [9.17, 15) is 24.6 Å². The molecule has 1 spiro atoms. The van der Waals surface area contributed by atoms with Crippen LogP contribution in [0.4, 0.5) is 11.4 Å². The van der Waals surface area contributed by atoms with Crippen molar-refractivity contribution in [1.29, 1.82) is 0 Å². The van der Waals surface area contributed by atoms with E-state index in [1.54, 1.807) is 6.07 Å². The number of rotatable bonds is 10. The highest BCUT2D eigenvalue weighted by molar-refractivity contribution is 5.95. The van der Waals surface area contributed by atoms with Gasteiger partial charge in [-0.2, -0.15) is 0 Å². The van der Waals surface area contributed by atoms with Crippen LogP contribution in [0.3, 0.4) is 0 Å². The minimum atomic E-state index is -2.54. The molecule has 10 atom stereocenters. The Kier molecular flexibility index (Phi) is 10.7. The number of hydrogen-bond donors (Lipinski definition) is 3. The van der Waals surface area contributed by atoms with Crippen LogP contribution in [0.2, 0.25) is 0 Å². The van der Waals surface area contributed by atoms with E-state index >= 15 is 4.79 Å². The van der Waals surface area contributed by atoms with Crippen molar-refractivity contribution in [3.8, 4) is 5.75 Å². The van der Waals surface area contributed by atoms with Gasteiger partial charge in [0, 0.05) is 73.0 Å². The number of carbonyl (C=O) groups is 4. The number of methoxy groups -OCH3 is 3. The second-order valence-electron chi connectivity index (χ2n) is 17.7. The van der Waals surface area contributed by atoms with E-state index in [1.807, 2.05) is 68.5 Å². The molecule has 2 aromatic carbocycles. The first-order valence-corrected chi connectivity index (χ1v) is 21.2. The van der Waals surface area contributed by atoms with E-state index in [0.717, 1.165) is 5.69 Å². The first kappa shape index (κ1) is 42.0. The van der Waals surface area contributed by atoms with Gasteiger partial charge in [-0.1, -0.05) is 50.3 Å². The van der Waals surface area contributed by atoms with Gasteiger partial charge in [-0.25, -0.2) is 4.79 Å². The van der Waals surface area contributed by atoms with E-state index < -0.39 is 63.5 Å². The maximum atomic E-state index is 15.2. The van der Waals surface area contributed by atoms with Gasteiger partial charge in [-0.05, 0) is 74.8 Å². The number of nitrogens with one attached hydrogen (secondary N) is 1. The molecule has 5 aliphatic heterocycles. The molecule has 5 heterocycles. The van der Waals surface area contributed by atoms with Gasteiger partial charge in [-0.15, -0.1) is 0 Å². The number of ether oxygens (including phenoxy) is 4. The molecule has 3 fully saturated rings. The summed E-state index contributed by atoms with van der Waals surface area (Å²) in [6.45, 7) is 8.11. The van der Waals surface area contributed by atoms with E-state index in [2.05, 4.69) is 15.1 Å². The molecule has 1 saturated carbocycles. The molecule has 2 aromatic rings. The summed E-state index contributed by atoms with van der Waals surface area (Å²) < 4.78 is 23.6. The highest BCUT2D eigenvalue weighted by atomic mass is 16.6. The van der Waals surface area contributed by atoms with Gasteiger partial charge < -0.3 is 39.4 Å². The van der Waals surface area contributed by atoms with Gasteiger partial charge in [0.1, 0.15) is 11.2 Å². The number of carbonyl (C=O) groups excluding carboxylic acids is 4. The van der Waals surface area contributed by atoms with Gasteiger partial charge in [0.05, 0.1) is 38.7 Å². The van der Waals surface area contributed by atoms with Crippen LogP contribution in [0.1, 0.15) is 70.4 Å². The lowest BCUT2D eigenvalue weighted by Crippen LogP contribution is -2.81. The fourth-order valence-electron chi connectivity index (χ4n) is 12.7. The van der Waals surface area contributed by atoms with Gasteiger partial charge >= 0.3 is 17.9 Å². The molecule has 3 N–H and O–H groups in total. The number of nitrogens with zero attached hydrogens (tertiary/aromatic N) is 3. The summed E-state index contributed by atoms with van der Waals surface area (Å²) in [5, 5.41) is 28.8. The second kappa shape index (κ2) is 15.3. The average Bonchev–Trinajstić information content (AvgIpc) is 3.79. The van der Waals surface area contributed by atoms with Crippen molar-refractivity contribution in [2.24, 2.45) is 11.3 Å². The SMILES string of the molecule is CC[C@]1(O)C[C@H]2CN(CCC=C(Nc3ccccc3)[C@@](C(=O)OC)(c3cc4c(cc3OC)N(C=O)[C@H]3[C@@](O)(C(=O)OC)[C@H](OC(C)=O)[C@]5(CC)C=CCN6CC[C@]43[C@@H]65)C2)C1. The van der Waals surface area contributed by atoms with Crippen molar-refractivity contribution in [3.63, 3.8) is 0 Å². The third kappa shape index (κ3) is 5.88. The Hall–Kier alpha value is -4.76. The van der Waals surface area contributed by atoms with Crippen molar-refractivity contribution in [2.45, 2.75) is 99.5 Å². The number of piperidine rings is 1. The van der Waals surface area contributed by atoms with Crippen molar-refractivity contribution >= 4 is 35.7 Å². The minimum absolute atomic E-state index is 0.168. The molecule has 6 aliphatic rings. The van der Waals surface area contributed by atoms with E-state index in [0.29, 0.717) is 93.7 Å². The zero-order valence-electron chi connectivity index (χ0n) is 35.4. The molecule has 0 aromatic heterocycles. The lowest BCUT2D eigenvalue weighted by atomic mass is 9.47. The Morgan fingerprint density at radius 2 is 1.70 bits per heavy atom. The van der Waals surface area contributed by atoms with Crippen LogP contribution in [0, 0.1) is 11.3 Å². The Morgan fingerprint density at radius 3 is 2.35 bits per heavy atom. The maximum absolute atomic E-state index is 15.2. The molecule has 8 rings (SSSR count). The van der Waals surface area contributed by atoms with Crippen LogP contribution in [-0.2, 0) is 44.2 Å². The van der Waals surface area contributed by atoms with Crippen molar-refractivity contribution in [2.75, 3.05) is 64.3 Å². The molecular weight excluding hydrogens is 769 g/mol. The van der Waals surface area contributed by atoms with Gasteiger partial charge in [0.15, 0.2) is 6.10 Å². The first-order valence-electron chi connectivity index (χ1n) is 21.2. The van der Waals surface area contributed by atoms with Crippen LogP contribution in [0.5, 0.6) is 5.75 Å². The molecule has 60 heavy (non-hydrogen) atoms. The summed E-state index contributed by atoms with van der Waals surface area (Å²) in [6.07, 6.45) is 7.78. The summed E-state index contributed by atoms with van der Waals surface area (Å²) in [5.41, 5.74) is -4.41. The molecule has 1 amide bonds. The van der Waals surface area contributed by atoms with Crippen LogP contribution in [0.25, 0.3) is 0 Å². The molecule has 14 heteroatoms. The van der Waals surface area contributed by atoms with Gasteiger partial charge in [0.2, 0.25) is 12.0 Å². The summed E-state index contributed by atoms with van der Waals surface area (Å²) in [5.74, 6) is -2.13. The number of aliphatic hydroxyl groups is 2. The number of amides is 1. The zero-order valence-corrected chi connectivity index (χ0v) is 35.4. The summed E-state index contributed by atoms with van der Waals surface area (Å²) >= 11 is 0. The highest BCUT2D eigenvalue weighted by Gasteiger charge is 2.81. The zero-order chi connectivity index (χ0) is 42.8. The standard InChI is InChI=1S/C46H58N4O10/c1-7-42(55)24-30-25-45(40(53)58-5,36(16-12-19-48(26-30)27-42)47-31-14-10-9-11-15-31)33-22-32-34(23-35(33)57-4)50(28-51)38-44(32)18-21-49-20-13-17-43(8-2,37(44)49)39(60-29(3)52)46(38,56)41(54)59-6/h9-11,13-17,22-23,28,30,37-39,47,55-56H,7-8,12,18-21,24-27H2,1-6H3/t30-,37+,38-,39-,42+,43-,44-,45+,46+/m1/s1. The van der Waals surface area contributed by atoms with Gasteiger partial charge in [0.25, 0.3) is 0 Å². The largest absolute Gasteiger partial charge is 0.496 e. The number of para-hydroxylation sites is 1. The Morgan fingerprint density at radius 1 is 0.950 bits per heavy atom. The van der Waals surface area contributed by atoms with Crippen LogP contribution in [-0.4, -0.2) is 128 Å². The van der Waals surface area contributed by atoms with Crippen molar-refractivity contribution in [1.82, 2.24) is 9.80 Å². The van der Waals surface area contributed by atoms with Crippen LogP contribution < -0.4 is 15.0 Å². The second-order valence-corrected chi connectivity index (χ2v) is 17.7. The number of hydrogen-bond acceptors (Lipinski definition) is 13. The van der Waals surface area contributed by atoms with E-state index in [-0.39, 0.29) is 18.1 Å². The summed E-state index contributed by atoms with van der Waals surface area (Å²) in [6, 6.07) is 11.5. The molecule has 1 aliphatic carbocycles. The quantitative estimate of drug-likeness (QED) is 0.137. The van der Waals surface area contributed by atoms with E-state index in [1.165, 1.54) is 33.2 Å². The van der Waals surface area contributed by atoms with Crippen molar-refractivity contribution < 1.29 is 48.3 Å². The number of benzene rings is 2. The smallest absolute Gasteiger partial charge is 0.344 e. The monoisotopic (exact) mass is 826 g/mol. The fourth-order valence-corrected chi connectivity index (χ4v) is 12.7. The summed E-state index contributed by atoms with van der Waals surface area (Å²) in [4.78, 5) is 62.2. The minimum Gasteiger partial charge on any atom is -0.496 e. The number of esters is 3. The molecule has 14 nitrogen and oxygen atoms in total. The number of anilines is 2. The van der Waals surface area contributed by atoms with E-state index in [4.69, 9.17) is 18.9 Å². The average molecular weight is 827 g/mol. The lowest BCUT2D eigenvalue weighted by Gasteiger charge is -2.63. The maximum Gasteiger partial charge on any atom is 0.344 e.